The number of benzene rings is 1. The number of carbonyl (C=O) groups is 2. The lowest BCUT2D eigenvalue weighted by Crippen LogP contribution is -2.48. The summed E-state index contributed by atoms with van der Waals surface area (Å²) in [5, 5.41) is 8.97. The molecule has 0 aliphatic carbocycles. The van der Waals surface area contributed by atoms with Gasteiger partial charge in [-0.05, 0) is 12.1 Å². The predicted octanol–water partition coefficient (Wildman–Crippen LogP) is 1.54. The average molecular weight is 308 g/mol. The highest BCUT2D eigenvalue weighted by molar-refractivity contribution is 7.99. The van der Waals surface area contributed by atoms with Gasteiger partial charge in [-0.25, -0.2) is 0 Å². The van der Waals surface area contributed by atoms with Crippen LogP contribution in [0.25, 0.3) is 0 Å². The van der Waals surface area contributed by atoms with Crippen LogP contribution in [0.1, 0.15) is 6.42 Å². The largest absolute Gasteiger partial charge is 0.481 e. The first-order chi connectivity index (χ1) is 10.1. The molecule has 1 N–H and O–H groups in total. The van der Waals surface area contributed by atoms with Crippen LogP contribution < -0.4 is 4.90 Å². The number of rotatable bonds is 5. The van der Waals surface area contributed by atoms with E-state index in [1.807, 2.05) is 35.2 Å². The number of hydrogen-bond acceptors (Lipinski definition) is 4. The highest BCUT2D eigenvalue weighted by Crippen LogP contribution is 2.20. The summed E-state index contributed by atoms with van der Waals surface area (Å²) in [4.78, 5) is 26.9. The number of para-hydroxylation sites is 1. The Bertz CT molecular complexity index is 495. The number of aliphatic carboxylic acids is 1. The van der Waals surface area contributed by atoms with Crippen molar-refractivity contribution in [2.45, 2.75) is 12.5 Å². The van der Waals surface area contributed by atoms with Gasteiger partial charge in [-0.2, -0.15) is 11.8 Å². The maximum absolute atomic E-state index is 12.4. The zero-order valence-corrected chi connectivity index (χ0v) is 12.9. The third kappa shape index (κ3) is 4.47. The number of anilines is 1. The van der Waals surface area contributed by atoms with Crippen LogP contribution in [0.15, 0.2) is 30.3 Å². The topological polar surface area (TPSA) is 60.9 Å². The van der Waals surface area contributed by atoms with Crippen LogP contribution in [0, 0.1) is 0 Å². The van der Waals surface area contributed by atoms with Crippen LogP contribution in [0.3, 0.4) is 0 Å². The molecule has 1 aliphatic heterocycles. The number of carbonyl (C=O) groups excluding carboxylic acids is 1. The van der Waals surface area contributed by atoms with Crippen LogP contribution in [0.2, 0.25) is 0 Å². The molecular formula is C15H20N2O3S. The van der Waals surface area contributed by atoms with E-state index in [0.29, 0.717) is 0 Å². The zero-order valence-electron chi connectivity index (χ0n) is 12.1. The Kier molecular flexibility index (Phi) is 5.64. The van der Waals surface area contributed by atoms with Crippen molar-refractivity contribution in [1.29, 1.82) is 0 Å². The molecular weight excluding hydrogens is 288 g/mol. The number of likely N-dealkylation sites (N-methyl/N-ethyl adjacent to an activating group) is 1. The van der Waals surface area contributed by atoms with Crippen molar-refractivity contribution in [3.05, 3.63) is 30.3 Å². The van der Waals surface area contributed by atoms with Crippen LogP contribution in [0.4, 0.5) is 5.69 Å². The highest BCUT2D eigenvalue weighted by Gasteiger charge is 2.27. The van der Waals surface area contributed by atoms with Crippen molar-refractivity contribution in [3.63, 3.8) is 0 Å². The van der Waals surface area contributed by atoms with E-state index in [4.69, 9.17) is 5.11 Å². The first-order valence-electron chi connectivity index (χ1n) is 6.93. The Balaban J connectivity index is 1.98. The SMILES string of the molecule is CN(C(=O)CN1CCSCC1CC(=O)O)c1ccccc1. The second kappa shape index (κ2) is 7.47. The molecule has 1 aromatic rings. The van der Waals surface area contributed by atoms with Crippen LogP contribution in [-0.2, 0) is 9.59 Å². The third-order valence-corrected chi connectivity index (χ3v) is 4.71. The maximum atomic E-state index is 12.4. The van der Waals surface area contributed by atoms with Gasteiger partial charge in [-0.15, -0.1) is 0 Å². The van der Waals surface area contributed by atoms with Crippen molar-refractivity contribution in [2.75, 3.05) is 36.5 Å². The average Bonchev–Trinajstić information content (AvgIpc) is 2.49. The lowest BCUT2D eigenvalue weighted by Gasteiger charge is -2.34. The van der Waals surface area contributed by atoms with Crippen molar-refractivity contribution in [2.24, 2.45) is 0 Å². The summed E-state index contributed by atoms with van der Waals surface area (Å²) < 4.78 is 0. The molecule has 1 unspecified atom stereocenters. The minimum Gasteiger partial charge on any atom is -0.481 e. The minimum absolute atomic E-state index is 0.0107. The molecule has 6 heteroatoms. The van der Waals surface area contributed by atoms with Gasteiger partial charge >= 0.3 is 5.97 Å². The summed E-state index contributed by atoms with van der Waals surface area (Å²) in [5.74, 6) is 0.896. The van der Waals surface area contributed by atoms with Crippen molar-refractivity contribution < 1.29 is 14.7 Å². The van der Waals surface area contributed by atoms with Gasteiger partial charge in [0.15, 0.2) is 0 Å². The Morgan fingerprint density at radius 1 is 1.38 bits per heavy atom. The van der Waals surface area contributed by atoms with Gasteiger partial charge in [0.05, 0.1) is 13.0 Å². The molecule has 1 heterocycles. The van der Waals surface area contributed by atoms with Gasteiger partial charge in [-0.1, -0.05) is 18.2 Å². The fourth-order valence-electron chi connectivity index (χ4n) is 2.36. The lowest BCUT2D eigenvalue weighted by molar-refractivity contribution is -0.138. The molecule has 114 valence electrons. The summed E-state index contributed by atoms with van der Waals surface area (Å²) in [7, 11) is 1.75. The van der Waals surface area contributed by atoms with E-state index < -0.39 is 5.97 Å². The molecule has 0 aromatic heterocycles. The van der Waals surface area contributed by atoms with Gasteiger partial charge in [0.1, 0.15) is 0 Å². The van der Waals surface area contributed by atoms with E-state index in [1.165, 1.54) is 0 Å². The maximum Gasteiger partial charge on any atom is 0.304 e. The molecule has 0 bridgehead atoms. The zero-order chi connectivity index (χ0) is 15.2. The van der Waals surface area contributed by atoms with E-state index >= 15 is 0 Å². The van der Waals surface area contributed by atoms with E-state index in [2.05, 4.69) is 0 Å². The summed E-state index contributed by atoms with van der Waals surface area (Å²) in [5.41, 5.74) is 0.851. The van der Waals surface area contributed by atoms with E-state index in [1.54, 1.807) is 23.7 Å². The number of hydrogen-bond donors (Lipinski definition) is 1. The van der Waals surface area contributed by atoms with Crippen molar-refractivity contribution in [1.82, 2.24) is 4.90 Å². The number of amides is 1. The van der Waals surface area contributed by atoms with Gasteiger partial charge in [0, 0.05) is 36.8 Å². The summed E-state index contributed by atoms with van der Waals surface area (Å²) >= 11 is 1.75. The molecule has 1 aromatic carbocycles. The standard InChI is InChI=1S/C15H20N2O3S/c1-16(12-5-3-2-4-6-12)14(18)10-17-7-8-21-11-13(17)9-15(19)20/h2-6,13H,7-11H2,1H3,(H,19,20). The molecule has 21 heavy (non-hydrogen) atoms. The summed E-state index contributed by atoms with van der Waals surface area (Å²) in [6.07, 6.45) is 0.0926. The van der Waals surface area contributed by atoms with E-state index in [0.717, 1.165) is 23.7 Å². The predicted molar refractivity (Wildman–Crippen MR) is 84.8 cm³/mol. The van der Waals surface area contributed by atoms with Gasteiger partial charge in [0.2, 0.25) is 5.91 Å². The Morgan fingerprint density at radius 3 is 2.76 bits per heavy atom. The number of nitrogens with zero attached hydrogens (tertiary/aromatic N) is 2. The second-order valence-electron chi connectivity index (χ2n) is 5.09. The lowest BCUT2D eigenvalue weighted by atomic mass is 10.2. The Labute approximate surface area is 128 Å². The highest BCUT2D eigenvalue weighted by atomic mass is 32.2. The van der Waals surface area contributed by atoms with Gasteiger partial charge in [-0.3, -0.25) is 14.5 Å². The number of carboxylic acid groups (broad SMARTS) is 1. The third-order valence-electron chi connectivity index (χ3n) is 3.62. The number of thioether (sulfide) groups is 1. The monoisotopic (exact) mass is 308 g/mol. The first kappa shape index (κ1) is 15.9. The van der Waals surface area contributed by atoms with E-state index in [9.17, 15) is 9.59 Å². The normalized spacial score (nSPS) is 19.2. The quantitative estimate of drug-likeness (QED) is 0.894. The molecule has 0 radical (unpaired) electrons. The molecule has 1 amide bonds. The molecule has 2 rings (SSSR count). The number of carboxylic acids is 1. The molecule has 0 saturated carbocycles. The molecule has 1 saturated heterocycles. The molecule has 0 spiro atoms. The van der Waals surface area contributed by atoms with Crippen LogP contribution in [-0.4, -0.2) is 59.6 Å². The fourth-order valence-corrected chi connectivity index (χ4v) is 3.49. The summed E-state index contributed by atoms with van der Waals surface area (Å²) in [6, 6.07) is 9.41. The van der Waals surface area contributed by atoms with E-state index in [-0.39, 0.29) is 24.9 Å². The molecule has 1 aliphatic rings. The van der Waals surface area contributed by atoms with Gasteiger partial charge < -0.3 is 10.0 Å². The van der Waals surface area contributed by atoms with Crippen LogP contribution >= 0.6 is 11.8 Å². The van der Waals surface area contributed by atoms with Gasteiger partial charge in [0.25, 0.3) is 0 Å². The van der Waals surface area contributed by atoms with Crippen molar-refractivity contribution >= 4 is 29.3 Å². The first-order valence-corrected chi connectivity index (χ1v) is 8.08. The van der Waals surface area contributed by atoms with Crippen LogP contribution in [0.5, 0.6) is 0 Å². The summed E-state index contributed by atoms with van der Waals surface area (Å²) in [6.45, 7) is 1.03. The molecule has 5 nitrogen and oxygen atoms in total. The Hall–Kier alpha value is -1.53. The minimum atomic E-state index is -0.809. The smallest absolute Gasteiger partial charge is 0.304 e. The van der Waals surface area contributed by atoms with Crippen molar-refractivity contribution in [3.8, 4) is 0 Å². The molecule has 1 fully saturated rings. The fraction of sp³-hybridized carbons (Fsp3) is 0.467. The Morgan fingerprint density at radius 2 is 2.10 bits per heavy atom. The molecule has 1 atom stereocenters. The second-order valence-corrected chi connectivity index (χ2v) is 6.24.